The van der Waals surface area contributed by atoms with Crippen LogP contribution in [0.25, 0.3) is 0 Å². The summed E-state index contributed by atoms with van der Waals surface area (Å²) in [5, 5.41) is 0. The second kappa shape index (κ2) is 4.95. The topological polar surface area (TPSA) is 0 Å². The summed E-state index contributed by atoms with van der Waals surface area (Å²) in [5.41, 5.74) is 1.65. The van der Waals surface area contributed by atoms with E-state index in [0.29, 0.717) is 0 Å². The zero-order chi connectivity index (χ0) is 9.80. The minimum atomic E-state index is 0. The molecule has 0 spiro atoms. The first kappa shape index (κ1) is 10.2. The predicted octanol–water partition coefficient (Wildman–Crippen LogP) is 4.15. The van der Waals surface area contributed by atoms with Crippen molar-refractivity contribution in [3.63, 3.8) is 0 Å². The molecule has 0 amide bonds. The van der Waals surface area contributed by atoms with Gasteiger partial charge < -0.3 is 2.85 Å². The fraction of sp³-hybridized carbons (Fsp3) is 0.385. The Morgan fingerprint density at radius 2 is 2.29 bits per heavy atom. The summed E-state index contributed by atoms with van der Waals surface area (Å²) in [5.74, 6) is 0. The summed E-state index contributed by atoms with van der Waals surface area (Å²) in [4.78, 5) is 0. The van der Waals surface area contributed by atoms with Crippen LogP contribution in [-0.4, -0.2) is 0 Å². The molecule has 1 heteroatoms. The summed E-state index contributed by atoms with van der Waals surface area (Å²) in [6.07, 6.45) is 16.5. The Hall–Kier alpha value is -0.326. The maximum Gasteiger partial charge on any atom is -1.00 e. The number of hydrogen-bond acceptors (Lipinski definition) is 0. The van der Waals surface area contributed by atoms with Gasteiger partial charge in [0.05, 0.1) is 0 Å². The molecular formula is C13H18Ti. The van der Waals surface area contributed by atoms with Gasteiger partial charge in [0.2, 0.25) is 0 Å². The van der Waals surface area contributed by atoms with E-state index in [0.717, 1.165) is 0 Å². The molecule has 0 nitrogen and oxygen atoms in total. The van der Waals surface area contributed by atoms with Crippen LogP contribution < -0.4 is 0 Å². The molecule has 2 rings (SSSR count). The first-order valence-corrected chi connectivity index (χ1v) is 6.97. The Morgan fingerprint density at radius 1 is 1.36 bits per heavy atom. The van der Waals surface area contributed by atoms with E-state index in [4.69, 9.17) is 0 Å². The molecule has 0 heterocycles. The third-order valence-electron chi connectivity index (χ3n) is 2.63. The smallest absolute Gasteiger partial charge is 1.00 e. The van der Waals surface area contributed by atoms with Crippen LogP contribution in [0.15, 0.2) is 43.7 Å². The van der Waals surface area contributed by atoms with Crippen molar-refractivity contribution in [2.45, 2.75) is 32.6 Å². The number of allylic oxidation sites excluding steroid dienone is 8. The molecule has 0 radical (unpaired) electrons. The van der Waals surface area contributed by atoms with E-state index in [1.807, 2.05) is 0 Å². The van der Waals surface area contributed by atoms with Gasteiger partial charge in [-0.3, -0.25) is 0 Å². The van der Waals surface area contributed by atoms with Gasteiger partial charge in [0.1, 0.15) is 0 Å². The molecule has 0 N–H and O–H groups in total. The second-order valence-electron chi connectivity index (χ2n) is 3.81. The van der Waals surface area contributed by atoms with Crippen LogP contribution >= 0.6 is 0 Å². The Balaban J connectivity index is 0.00000112. The Labute approximate surface area is 98.4 Å². The van der Waals surface area contributed by atoms with Gasteiger partial charge in [-0.1, -0.05) is 0 Å². The summed E-state index contributed by atoms with van der Waals surface area (Å²) >= 11 is 0.0413. The molecular weight excluding hydrogens is 204 g/mol. The zero-order valence-electron chi connectivity index (χ0n) is 10.7. The van der Waals surface area contributed by atoms with Gasteiger partial charge in [-0.25, -0.2) is 0 Å². The van der Waals surface area contributed by atoms with E-state index in [1.54, 1.807) is 13.3 Å². The summed E-state index contributed by atoms with van der Waals surface area (Å²) in [6.45, 7) is 2.27. The minimum Gasteiger partial charge on any atom is -1.00 e. The Bertz CT molecular complexity index is 338. The van der Waals surface area contributed by atoms with E-state index < -0.39 is 0 Å². The van der Waals surface area contributed by atoms with Crippen LogP contribution in [0.2, 0.25) is 0 Å². The first-order valence-electron chi connectivity index (χ1n) is 5.41. The van der Waals surface area contributed by atoms with Crippen molar-refractivity contribution in [3.8, 4) is 0 Å². The molecule has 0 aromatic rings. The molecule has 0 aromatic carbocycles. The fourth-order valence-electron chi connectivity index (χ4n) is 1.92. The molecule has 0 aliphatic heterocycles. The van der Waals surface area contributed by atoms with Crippen LogP contribution in [0.4, 0.5) is 0 Å². The van der Waals surface area contributed by atoms with Gasteiger partial charge in [0, 0.05) is 0 Å². The van der Waals surface area contributed by atoms with Gasteiger partial charge in [-0.2, -0.15) is 0 Å². The summed E-state index contributed by atoms with van der Waals surface area (Å²) in [6, 6.07) is 0. The largest absolute Gasteiger partial charge is 1.00 e. The first-order chi connectivity index (χ1) is 6.90. The third kappa shape index (κ3) is 2.37. The van der Waals surface area contributed by atoms with Crippen molar-refractivity contribution in [2.75, 3.05) is 0 Å². The second-order valence-corrected chi connectivity index (χ2v) is 6.15. The maximum atomic E-state index is 2.35. The van der Waals surface area contributed by atoms with Gasteiger partial charge in [-0.05, 0) is 0 Å². The van der Waals surface area contributed by atoms with Gasteiger partial charge in [0.25, 0.3) is 0 Å². The van der Waals surface area contributed by atoms with E-state index in [2.05, 4.69) is 37.3 Å². The van der Waals surface area contributed by atoms with Gasteiger partial charge in [0.15, 0.2) is 0 Å². The van der Waals surface area contributed by atoms with Crippen molar-refractivity contribution in [1.29, 1.82) is 0 Å². The van der Waals surface area contributed by atoms with Crippen LogP contribution in [0.5, 0.6) is 0 Å². The molecule has 0 aromatic heterocycles. The average molecular weight is 222 g/mol. The molecule has 0 saturated carbocycles. The molecule has 2 aliphatic carbocycles. The van der Waals surface area contributed by atoms with Crippen molar-refractivity contribution in [2.24, 2.45) is 0 Å². The third-order valence-corrected chi connectivity index (χ3v) is 5.00. The molecule has 0 bridgehead atoms. The molecule has 0 unspecified atom stereocenters. The van der Waals surface area contributed by atoms with Crippen molar-refractivity contribution in [3.05, 3.63) is 43.7 Å². The average Bonchev–Trinajstić information content (AvgIpc) is 2.80. The molecule has 0 fully saturated rings. The van der Waals surface area contributed by atoms with Crippen molar-refractivity contribution >= 4 is 0 Å². The monoisotopic (exact) mass is 222 g/mol. The SMILES string of the molecule is CCCC1=[C]([Ti+2][C]2=CC=CC2)CC=C1.[H-].[H-]. The van der Waals surface area contributed by atoms with Gasteiger partial charge in [-0.15, -0.1) is 0 Å². The molecule has 0 saturated heterocycles. The Kier molecular flexibility index (Phi) is 3.61. The molecule has 74 valence electrons. The predicted molar refractivity (Wildman–Crippen MR) is 59.8 cm³/mol. The standard InChI is InChI=1S/C8H11.C5H5.Ti.2H/c1-2-5-8-6-3-4-7-8;1-2-4-5-3-1;;;/h3,6H,2,4-5H2,1H3;1-3H,4H2;;;/q;;+2;2*-1. The van der Waals surface area contributed by atoms with E-state index in [1.165, 1.54) is 25.7 Å². The normalized spacial score (nSPS) is 19.1. The summed E-state index contributed by atoms with van der Waals surface area (Å²) < 4.78 is 3.49. The van der Waals surface area contributed by atoms with Crippen LogP contribution in [0.3, 0.4) is 0 Å². The van der Waals surface area contributed by atoms with Crippen LogP contribution in [0.1, 0.15) is 35.5 Å². The fourth-order valence-corrected chi connectivity index (χ4v) is 4.07. The summed E-state index contributed by atoms with van der Waals surface area (Å²) in [7, 11) is 0. The van der Waals surface area contributed by atoms with E-state index >= 15 is 0 Å². The van der Waals surface area contributed by atoms with E-state index in [9.17, 15) is 0 Å². The number of hydrogen-bond donors (Lipinski definition) is 0. The van der Waals surface area contributed by atoms with Crippen molar-refractivity contribution in [1.82, 2.24) is 0 Å². The van der Waals surface area contributed by atoms with Crippen LogP contribution in [-0.2, 0) is 19.2 Å². The van der Waals surface area contributed by atoms with Gasteiger partial charge >= 0.3 is 95.5 Å². The van der Waals surface area contributed by atoms with Crippen LogP contribution in [0, 0.1) is 0 Å². The van der Waals surface area contributed by atoms with Crippen molar-refractivity contribution < 1.29 is 22.0 Å². The number of rotatable bonds is 4. The molecule has 0 atom stereocenters. The molecule has 14 heavy (non-hydrogen) atoms. The maximum absolute atomic E-state index is 2.35. The quantitative estimate of drug-likeness (QED) is 0.627. The molecule has 2 aliphatic rings. The Morgan fingerprint density at radius 3 is 3.00 bits per heavy atom. The zero-order valence-corrected chi connectivity index (χ0v) is 10.3. The minimum absolute atomic E-state index is 0. The van der Waals surface area contributed by atoms with E-state index in [-0.39, 0.29) is 22.0 Å².